The fourth-order valence-corrected chi connectivity index (χ4v) is 2.10. The first kappa shape index (κ1) is 14.0. The van der Waals surface area contributed by atoms with Gasteiger partial charge in [0.25, 0.3) is 5.91 Å². The predicted octanol–water partition coefficient (Wildman–Crippen LogP) is 1.85. The average Bonchev–Trinajstić information content (AvgIpc) is 2.29. The molecule has 1 N–H and O–H groups in total. The molecule has 2 rings (SSSR count). The molecule has 1 atom stereocenters. The molecule has 1 aliphatic rings. The fraction of sp³-hybridized carbons (Fsp3) is 0.462. The third-order valence-corrected chi connectivity index (χ3v) is 3.03. The van der Waals surface area contributed by atoms with Gasteiger partial charge in [-0.25, -0.2) is 0 Å². The Hall–Kier alpha value is -1.06. The van der Waals surface area contributed by atoms with E-state index in [-0.39, 0.29) is 18.3 Å². The van der Waals surface area contributed by atoms with Gasteiger partial charge < -0.3 is 10.2 Å². The van der Waals surface area contributed by atoms with E-state index in [0.717, 1.165) is 30.8 Å². The van der Waals surface area contributed by atoms with Crippen molar-refractivity contribution in [2.24, 2.45) is 0 Å². The van der Waals surface area contributed by atoms with Crippen molar-refractivity contribution in [3.05, 3.63) is 35.4 Å². The molecule has 1 saturated heterocycles. The first-order valence-corrected chi connectivity index (χ1v) is 5.77. The lowest BCUT2D eigenvalue weighted by atomic mass is 10.1. The zero-order chi connectivity index (χ0) is 11.5. The maximum atomic E-state index is 12.3. The van der Waals surface area contributed by atoms with Crippen LogP contribution in [0.4, 0.5) is 0 Å². The van der Waals surface area contributed by atoms with Crippen molar-refractivity contribution < 1.29 is 4.79 Å². The van der Waals surface area contributed by atoms with Gasteiger partial charge >= 0.3 is 0 Å². The molecule has 1 aliphatic heterocycles. The summed E-state index contributed by atoms with van der Waals surface area (Å²) in [4.78, 5) is 14.2. The van der Waals surface area contributed by atoms with E-state index in [9.17, 15) is 4.79 Å². The van der Waals surface area contributed by atoms with Gasteiger partial charge in [0.15, 0.2) is 0 Å². The molecule has 94 valence electrons. The van der Waals surface area contributed by atoms with E-state index < -0.39 is 0 Å². The topological polar surface area (TPSA) is 32.3 Å². The van der Waals surface area contributed by atoms with Crippen molar-refractivity contribution in [1.29, 1.82) is 0 Å². The minimum absolute atomic E-state index is 0. The number of aryl methyl sites for hydroxylation is 1. The van der Waals surface area contributed by atoms with Crippen LogP contribution in [0.3, 0.4) is 0 Å². The van der Waals surface area contributed by atoms with Crippen LogP contribution in [0.15, 0.2) is 24.3 Å². The molecule has 0 aromatic heterocycles. The van der Waals surface area contributed by atoms with Crippen LogP contribution in [0.2, 0.25) is 0 Å². The summed E-state index contributed by atoms with van der Waals surface area (Å²) in [5.41, 5.74) is 1.88. The number of nitrogens with zero attached hydrogens (tertiary/aromatic N) is 1. The highest BCUT2D eigenvalue weighted by atomic mass is 35.5. The molecule has 3 nitrogen and oxygen atoms in total. The third-order valence-electron chi connectivity index (χ3n) is 3.03. The predicted molar refractivity (Wildman–Crippen MR) is 71.8 cm³/mol. The van der Waals surface area contributed by atoms with E-state index in [0.29, 0.717) is 6.04 Å². The molecule has 4 heteroatoms. The summed E-state index contributed by atoms with van der Waals surface area (Å²) < 4.78 is 0. The van der Waals surface area contributed by atoms with Crippen molar-refractivity contribution in [1.82, 2.24) is 10.2 Å². The summed E-state index contributed by atoms with van der Waals surface area (Å²) in [7, 11) is 0. The second-order valence-electron chi connectivity index (χ2n) is 4.42. The summed E-state index contributed by atoms with van der Waals surface area (Å²) in [5, 5.41) is 3.34. The van der Waals surface area contributed by atoms with Crippen LogP contribution < -0.4 is 5.32 Å². The van der Waals surface area contributed by atoms with Gasteiger partial charge in [0.2, 0.25) is 0 Å². The van der Waals surface area contributed by atoms with Crippen molar-refractivity contribution in [2.75, 3.05) is 19.6 Å². The molecule has 17 heavy (non-hydrogen) atoms. The first-order chi connectivity index (χ1) is 7.68. The quantitative estimate of drug-likeness (QED) is 0.830. The van der Waals surface area contributed by atoms with Gasteiger partial charge in [-0.2, -0.15) is 0 Å². The monoisotopic (exact) mass is 254 g/mol. The van der Waals surface area contributed by atoms with Crippen LogP contribution in [0.1, 0.15) is 22.8 Å². The number of hydrogen-bond donors (Lipinski definition) is 1. The Labute approximate surface area is 109 Å². The number of nitrogens with one attached hydrogen (secondary N) is 1. The summed E-state index contributed by atoms with van der Waals surface area (Å²) in [5.74, 6) is 0.159. The molecule has 0 unspecified atom stereocenters. The van der Waals surface area contributed by atoms with Crippen LogP contribution in [0.5, 0.6) is 0 Å². The largest absolute Gasteiger partial charge is 0.336 e. The molecule has 0 spiro atoms. The summed E-state index contributed by atoms with van der Waals surface area (Å²) in [6, 6.07) is 8.17. The zero-order valence-corrected chi connectivity index (χ0v) is 11.1. The summed E-state index contributed by atoms with van der Waals surface area (Å²) in [6.45, 7) is 6.58. The number of hydrogen-bond acceptors (Lipinski definition) is 2. The van der Waals surface area contributed by atoms with E-state index in [2.05, 4.69) is 12.2 Å². The van der Waals surface area contributed by atoms with Gasteiger partial charge in [-0.05, 0) is 25.5 Å². The number of carbonyl (C=O) groups is 1. The maximum absolute atomic E-state index is 12.3. The zero-order valence-electron chi connectivity index (χ0n) is 10.3. The van der Waals surface area contributed by atoms with E-state index in [1.807, 2.05) is 36.1 Å². The molecule has 1 aromatic carbocycles. The molecule has 1 fully saturated rings. The minimum atomic E-state index is 0. The van der Waals surface area contributed by atoms with Gasteiger partial charge in [-0.1, -0.05) is 18.2 Å². The van der Waals surface area contributed by atoms with E-state index >= 15 is 0 Å². The van der Waals surface area contributed by atoms with Crippen LogP contribution in [-0.2, 0) is 0 Å². The van der Waals surface area contributed by atoms with E-state index in [1.165, 1.54) is 0 Å². The lowest BCUT2D eigenvalue weighted by Crippen LogP contribution is -2.51. The average molecular weight is 255 g/mol. The van der Waals surface area contributed by atoms with Crippen LogP contribution in [0, 0.1) is 6.92 Å². The third kappa shape index (κ3) is 3.20. The number of piperazine rings is 1. The Kier molecular flexibility index (Phi) is 4.97. The lowest BCUT2D eigenvalue weighted by Gasteiger charge is -2.32. The van der Waals surface area contributed by atoms with Crippen molar-refractivity contribution in [3.63, 3.8) is 0 Å². The first-order valence-electron chi connectivity index (χ1n) is 5.77. The van der Waals surface area contributed by atoms with Gasteiger partial charge in [0, 0.05) is 31.2 Å². The number of amides is 1. The summed E-state index contributed by atoms with van der Waals surface area (Å²) in [6.07, 6.45) is 0. The van der Waals surface area contributed by atoms with Crippen LogP contribution >= 0.6 is 12.4 Å². The second kappa shape index (κ2) is 6.03. The Balaban J connectivity index is 0.00000144. The van der Waals surface area contributed by atoms with Gasteiger partial charge in [0.1, 0.15) is 0 Å². The van der Waals surface area contributed by atoms with Crippen molar-refractivity contribution in [3.8, 4) is 0 Å². The Morgan fingerprint density at radius 3 is 2.76 bits per heavy atom. The molecular formula is C13H19ClN2O. The molecule has 1 aromatic rings. The highest BCUT2D eigenvalue weighted by molar-refractivity contribution is 5.95. The number of benzene rings is 1. The molecule has 0 radical (unpaired) electrons. The Bertz CT molecular complexity index is 395. The normalized spacial score (nSPS) is 19.6. The van der Waals surface area contributed by atoms with Gasteiger partial charge in [-0.15, -0.1) is 12.4 Å². The highest BCUT2D eigenvalue weighted by Gasteiger charge is 2.22. The molecule has 1 heterocycles. The maximum Gasteiger partial charge on any atom is 0.254 e. The van der Waals surface area contributed by atoms with E-state index in [1.54, 1.807) is 0 Å². The summed E-state index contributed by atoms with van der Waals surface area (Å²) >= 11 is 0. The SMILES string of the molecule is Cc1ccccc1C(=O)N1CCN[C@H](C)C1.Cl. The van der Waals surface area contributed by atoms with E-state index in [4.69, 9.17) is 0 Å². The molecule has 0 aliphatic carbocycles. The van der Waals surface area contributed by atoms with Crippen LogP contribution in [0.25, 0.3) is 0 Å². The van der Waals surface area contributed by atoms with Crippen molar-refractivity contribution in [2.45, 2.75) is 19.9 Å². The Morgan fingerprint density at radius 2 is 2.12 bits per heavy atom. The second-order valence-corrected chi connectivity index (χ2v) is 4.42. The van der Waals surface area contributed by atoms with Gasteiger partial charge in [-0.3, -0.25) is 4.79 Å². The Morgan fingerprint density at radius 1 is 1.41 bits per heavy atom. The molecular weight excluding hydrogens is 236 g/mol. The number of carbonyl (C=O) groups excluding carboxylic acids is 1. The minimum Gasteiger partial charge on any atom is -0.336 e. The lowest BCUT2D eigenvalue weighted by molar-refractivity contribution is 0.0708. The number of halogens is 1. The number of rotatable bonds is 1. The smallest absolute Gasteiger partial charge is 0.254 e. The highest BCUT2D eigenvalue weighted by Crippen LogP contribution is 2.12. The molecule has 1 amide bonds. The van der Waals surface area contributed by atoms with Gasteiger partial charge in [0.05, 0.1) is 0 Å². The standard InChI is InChI=1S/C13H18N2O.ClH/c1-10-5-3-4-6-12(10)13(16)15-8-7-14-11(2)9-15;/h3-6,11,14H,7-9H2,1-2H3;1H/t11-;/m1./s1. The van der Waals surface area contributed by atoms with Crippen molar-refractivity contribution >= 4 is 18.3 Å². The molecule has 0 bridgehead atoms. The fourth-order valence-electron chi connectivity index (χ4n) is 2.10. The van der Waals surface area contributed by atoms with Crippen LogP contribution in [-0.4, -0.2) is 36.5 Å². The molecule has 0 saturated carbocycles.